The molecule has 0 heterocycles. The second-order valence-electron chi connectivity index (χ2n) is 2.93. The Kier molecular flexibility index (Phi) is 3.88. The summed E-state index contributed by atoms with van der Waals surface area (Å²) in [5.74, 6) is -1.94. The first-order valence-corrected chi connectivity index (χ1v) is 6.34. The first kappa shape index (κ1) is 14.0. The molecule has 0 atom stereocenters. The van der Waals surface area contributed by atoms with Crippen molar-refractivity contribution in [1.82, 2.24) is 0 Å². The predicted octanol–water partition coefficient (Wildman–Crippen LogP) is 2.69. The molecule has 0 amide bonds. The summed E-state index contributed by atoms with van der Waals surface area (Å²) in [6.07, 6.45) is -4.61. The van der Waals surface area contributed by atoms with Gasteiger partial charge in [0.05, 0.1) is 4.90 Å². The standard InChI is InChI=1S/C8H5ClF4O3S/c9-17(14,15)5-1-2-7(6(10)3-5)16-4-8(11,12)13/h1-3H,4H2. The van der Waals surface area contributed by atoms with E-state index >= 15 is 0 Å². The van der Waals surface area contributed by atoms with Crippen LogP contribution in [-0.2, 0) is 9.05 Å². The fraction of sp³-hybridized carbons (Fsp3) is 0.250. The van der Waals surface area contributed by atoms with Crippen LogP contribution in [0, 0.1) is 5.82 Å². The zero-order valence-corrected chi connectivity index (χ0v) is 9.53. The molecule has 0 saturated heterocycles. The van der Waals surface area contributed by atoms with Crippen LogP contribution in [-0.4, -0.2) is 21.2 Å². The molecule has 0 aromatic heterocycles. The van der Waals surface area contributed by atoms with E-state index in [1.807, 2.05) is 0 Å². The number of rotatable bonds is 3. The van der Waals surface area contributed by atoms with Gasteiger partial charge in [0.25, 0.3) is 9.05 Å². The van der Waals surface area contributed by atoms with E-state index in [-0.39, 0.29) is 0 Å². The van der Waals surface area contributed by atoms with Crippen LogP contribution in [0.1, 0.15) is 0 Å². The summed E-state index contributed by atoms with van der Waals surface area (Å²) in [6.45, 7) is -1.67. The maximum atomic E-state index is 13.1. The summed E-state index contributed by atoms with van der Waals surface area (Å²) in [7, 11) is 0.786. The first-order valence-electron chi connectivity index (χ1n) is 4.03. The highest BCUT2D eigenvalue weighted by molar-refractivity contribution is 8.13. The van der Waals surface area contributed by atoms with E-state index in [1.165, 1.54) is 0 Å². The van der Waals surface area contributed by atoms with Crippen LogP contribution in [0.3, 0.4) is 0 Å². The molecule has 17 heavy (non-hydrogen) atoms. The summed E-state index contributed by atoms with van der Waals surface area (Å²) in [4.78, 5) is -0.559. The molecule has 0 aliphatic rings. The molecule has 0 aliphatic carbocycles. The Morgan fingerprint density at radius 3 is 2.29 bits per heavy atom. The smallest absolute Gasteiger partial charge is 0.422 e. The van der Waals surface area contributed by atoms with Crippen LogP contribution in [0.4, 0.5) is 17.6 Å². The summed E-state index contributed by atoms with van der Waals surface area (Å²) in [6, 6.07) is 2.08. The van der Waals surface area contributed by atoms with Crippen LogP contribution in [0.15, 0.2) is 23.1 Å². The average molecular weight is 293 g/mol. The minimum Gasteiger partial charge on any atom is -0.481 e. The van der Waals surface area contributed by atoms with Gasteiger partial charge in [0.1, 0.15) is 0 Å². The third-order valence-corrected chi connectivity index (χ3v) is 2.93. The lowest BCUT2D eigenvalue weighted by molar-refractivity contribution is -0.153. The van der Waals surface area contributed by atoms with Crippen molar-refractivity contribution in [1.29, 1.82) is 0 Å². The highest BCUT2D eigenvalue weighted by Gasteiger charge is 2.29. The maximum Gasteiger partial charge on any atom is 0.422 e. The van der Waals surface area contributed by atoms with E-state index in [9.17, 15) is 26.0 Å². The van der Waals surface area contributed by atoms with Crippen LogP contribution in [0.2, 0.25) is 0 Å². The van der Waals surface area contributed by atoms with Crippen molar-refractivity contribution in [3.63, 3.8) is 0 Å². The van der Waals surface area contributed by atoms with Crippen LogP contribution in [0.25, 0.3) is 0 Å². The van der Waals surface area contributed by atoms with Gasteiger partial charge in [-0.3, -0.25) is 0 Å². The van der Waals surface area contributed by atoms with Crippen molar-refractivity contribution in [2.45, 2.75) is 11.1 Å². The topological polar surface area (TPSA) is 43.4 Å². The quantitative estimate of drug-likeness (QED) is 0.635. The molecule has 0 radical (unpaired) electrons. The Labute approximate surface area is 98.4 Å². The molecule has 1 aromatic carbocycles. The lowest BCUT2D eigenvalue weighted by Gasteiger charge is -2.10. The first-order chi connectivity index (χ1) is 7.59. The second-order valence-corrected chi connectivity index (χ2v) is 5.50. The van der Waals surface area contributed by atoms with E-state index < -0.39 is 38.3 Å². The van der Waals surface area contributed by atoms with Gasteiger partial charge >= 0.3 is 6.18 Å². The average Bonchev–Trinajstić information content (AvgIpc) is 2.12. The van der Waals surface area contributed by atoms with Crippen molar-refractivity contribution in [3.05, 3.63) is 24.0 Å². The molecular weight excluding hydrogens is 288 g/mol. The molecule has 0 spiro atoms. The largest absolute Gasteiger partial charge is 0.481 e. The van der Waals surface area contributed by atoms with Gasteiger partial charge in [0.2, 0.25) is 0 Å². The fourth-order valence-corrected chi connectivity index (χ4v) is 1.67. The molecular formula is C8H5ClF4O3S. The predicted molar refractivity (Wildman–Crippen MR) is 51.0 cm³/mol. The third kappa shape index (κ3) is 4.39. The number of ether oxygens (including phenoxy) is 1. The number of benzene rings is 1. The second kappa shape index (κ2) is 4.69. The summed E-state index contributed by atoms with van der Waals surface area (Å²) >= 11 is 0. The SMILES string of the molecule is O=S(=O)(Cl)c1ccc(OCC(F)(F)F)c(F)c1. The van der Waals surface area contributed by atoms with Gasteiger partial charge in [-0.25, -0.2) is 12.8 Å². The molecule has 3 nitrogen and oxygen atoms in total. The zero-order chi connectivity index (χ0) is 13.3. The Hall–Kier alpha value is -1.02. The minimum atomic E-state index is -4.61. The monoisotopic (exact) mass is 292 g/mol. The Bertz CT molecular complexity index is 512. The Morgan fingerprint density at radius 1 is 1.29 bits per heavy atom. The lowest BCUT2D eigenvalue weighted by Crippen LogP contribution is -2.19. The van der Waals surface area contributed by atoms with E-state index in [0.29, 0.717) is 6.07 Å². The molecule has 1 rings (SSSR count). The molecule has 0 saturated carbocycles. The van der Waals surface area contributed by atoms with Gasteiger partial charge in [0, 0.05) is 10.7 Å². The highest BCUT2D eigenvalue weighted by atomic mass is 35.7. The van der Waals surface area contributed by atoms with E-state index in [2.05, 4.69) is 4.74 Å². The molecule has 96 valence electrons. The van der Waals surface area contributed by atoms with E-state index in [0.717, 1.165) is 12.1 Å². The molecule has 0 bridgehead atoms. The molecule has 9 heteroatoms. The van der Waals surface area contributed by atoms with Gasteiger partial charge in [-0.15, -0.1) is 0 Å². The third-order valence-electron chi connectivity index (χ3n) is 1.58. The van der Waals surface area contributed by atoms with E-state index in [1.54, 1.807) is 0 Å². The number of hydrogen-bond donors (Lipinski definition) is 0. The van der Waals surface area contributed by atoms with Crippen molar-refractivity contribution in [2.24, 2.45) is 0 Å². The summed E-state index contributed by atoms with van der Waals surface area (Å²) in [5, 5.41) is 0. The normalized spacial score (nSPS) is 12.5. The van der Waals surface area contributed by atoms with Gasteiger partial charge in [-0.1, -0.05) is 0 Å². The number of alkyl halides is 3. The lowest BCUT2D eigenvalue weighted by atomic mass is 10.3. The molecule has 0 aliphatic heterocycles. The molecule has 1 aromatic rings. The van der Waals surface area contributed by atoms with Gasteiger partial charge in [-0.2, -0.15) is 13.2 Å². The van der Waals surface area contributed by atoms with Gasteiger partial charge in [-0.05, 0) is 18.2 Å². The van der Waals surface area contributed by atoms with Crippen molar-refractivity contribution in [2.75, 3.05) is 6.61 Å². The summed E-state index contributed by atoms with van der Waals surface area (Å²) < 4.78 is 74.2. The Morgan fingerprint density at radius 2 is 1.88 bits per heavy atom. The van der Waals surface area contributed by atoms with Crippen molar-refractivity contribution in [3.8, 4) is 5.75 Å². The van der Waals surface area contributed by atoms with Crippen LogP contribution >= 0.6 is 10.7 Å². The number of hydrogen-bond acceptors (Lipinski definition) is 3. The Balaban J connectivity index is 2.92. The van der Waals surface area contributed by atoms with Gasteiger partial charge < -0.3 is 4.74 Å². The van der Waals surface area contributed by atoms with Crippen molar-refractivity contribution < 1.29 is 30.7 Å². The van der Waals surface area contributed by atoms with Crippen molar-refractivity contribution >= 4 is 19.7 Å². The van der Waals surface area contributed by atoms with Gasteiger partial charge in [0.15, 0.2) is 18.2 Å². The molecule has 0 unspecified atom stereocenters. The highest BCUT2D eigenvalue weighted by Crippen LogP contribution is 2.25. The molecule has 0 fully saturated rings. The summed E-state index contributed by atoms with van der Waals surface area (Å²) in [5.41, 5.74) is 0. The van der Waals surface area contributed by atoms with Crippen LogP contribution in [0.5, 0.6) is 5.75 Å². The van der Waals surface area contributed by atoms with Crippen LogP contribution < -0.4 is 4.74 Å². The maximum absolute atomic E-state index is 13.1. The molecule has 0 N–H and O–H groups in total. The fourth-order valence-electron chi connectivity index (χ4n) is 0.910. The zero-order valence-electron chi connectivity index (χ0n) is 7.96. The number of halogens is 5. The van der Waals surface area contributed by atoms with E-state index in [4.69, 9.17) is 10.7 Å². The minimum absolute atomic E-state index is 0.480.